The molecule has 0 spiro atoms. The molecule has 7 nitrogen and oxygen atoms in total. The number of para-hydroxylation sites is 2. The Kier molecular flexibility index (Phi) is 5.48. The average molecular weight is 353 g/mol. The molecule has 26 heavy (non-hydrogen) atoms. The fourth-order valence-corrected chi connectivity index (χ4v) is 2.24. The molecule has 3 rings (SSSR count). The van der Waals surface area contributed by atoms with E-state index in [1.54, 1.807) is 25.3 Å². The number of amides is 1. The van der Waals surface area contributed by atoms with E-state index < -0.39 is 0 Å². The molecule has 0 aliphatic carbocycles. The van der Waals surface area contributed by atoms with Crippen molar-refractivity contribution >= 4 is 5.91 Å². The molecule has 134 valence electrons. The van der Waals surface area contributed by atoms with Crippen molar-refractivity contribution < 1.29 is 18.7 Å². The van der Waals surface area contributed by atoms with Crippen LogP contribution in [0.2, 0.25) is 0 Å². The lowest BCUT2D eigenvalue weighted by atomic mass is 10.1. The first-order valence-electron chi connectivity index (χ1n) is 8.07. The van der Waals surface area contributed by atoms with Crippen LogP contribution in [-0.4, -0.2) is 29.8 Å². The number of hydrogen-bond donors (Lipinski definition) is 1. The number of aromatic nitrogens is 2. The molecule has 0 aliphatic heterocycles. The van der Waals surface area contributed by atoms with Crippen LogP contribution in [0.4, 0.5) is 0 Å². The van der Waals surface area contributed by atoms with E-state index in [1.807, 2.05) is 37.3 Å². The number of benzene rings is 2. The highest BCUT2D eigenvalue weighted by Crippen LogP contribution is 2.25. The van der Waals surface area contributed by atoms with Gasteiger partial charge in [-0.3, -0.25) is 4.79 Å². The summed E-state index contributed by atoms with van der Waals surface area (Å²) in [5, 5.41) is 10.6. The van der Waals surface area contributed by atoms with Crippen molar-refractivity contribution in [2.45, 2.75) is 13.5 Å². The number of carbonyl (C=O) groups excluding carboxylic acids is 1. The minimum absolute atomic E-state index is 0.132. The van der Waals surface area contributed by atoms with Crippen LogP contribution < -0.4 is 14.8 Å². The number of aryl methyl sites for hydroxylation is 1. The van der Waals surface area contributed by atoms with Crippen LogP contribution in [0.25, 0.3) is 11.5 Å². The SMILES string of the molecule is COc1ccccc1OCC(=O)NCc1nnc(-c2ccc(C)cc2)o1. The van der Waals surface area contributed by atoms with E-state index in [1.165, 1.54) is 0 Å². The Bertz CT molecular complexity index is 875. The third-order valence-corrected chi connectivity index (χ3v) is 3.63. The van der Waals surface area contributed by atoms with Crippen molar-refractivity contribution in [3.63, 3.8) is 0 Å². The van der Waals surface area contributed by atoms with Gasteiger partial charge in [-0.15, -0.1) is 10.2 Å². The van der Waals surface area contributed by atoms with Crippen molar-refractivity contribution in [1.29, 1.82) is 0 Å². The van der Waals surface area contributed by atoms with Crippen LogP contribution in [0, 0.1) is 6.92 Å². The lowest BCUT2D eigenvalue weighted by Crippen LogP contribution is -2.28. The molecule has 1 heterocycles. The topological polar surface area (TPSA) is 86.5 Å². The summed E-state index contributed by atoms with van der Waals surface area (Å²) in [5.41, 5.74) is 1.98. The molecule has 0 radical (unpaired) electrons. The largest absolute Gasteiger partial charge is 0.493 e. The Hall–Kier alpha value is -3.35. The third kappa shape index (κ3) is 4.38. The van der Waals surface area contributed by atoms with Gasteiger partial charge in [0.1, 0.15) is 0 Å². The Labute approximate surface area is 151 Å². The summed E-state index contributed by atoms with van der Waals surface area (Å²) in [6.07, 6.45) is 0. The van der Waals surface area contributed by atoms with Crippen molar-refractivity contribution in [2.75, 3.05) is 13.7 Å². The summed E-state index contributed by atoms with van der Waals surface area (Å²) in [7, 11) is 1.55. The lowest BCUT2D eigenvalue weighted by Gasteiger charge is -2.09. The molecule has 0 unspecified atom stereocenters. The smallest absolute Gasteiger partial charge is 0.258 e. The summed E-state index contributed by atoms with van der Waals surface area (Å²) >= 11 is 0. The zero-order valence-electron chi connectivity index (χ0n) is 14.6. The standard InChI is InChI=1S/C19H19N3O4/c1-13-7-9-14(10-8-13)19-22-21-18(26-19)11-20-17(23)12-25-16-6-4-3-5-15(16)24-2/h3-10H,11-12H2,1-2H3,(H,20,23). The Morgan fingerprint density at radius 1 is 1.08 bits per heavy atom. The minimum Gasteiger partial charge on any atom is -0.493 e. The van der Waals surface area contributed by atoms with E-state index >= 15 is 0 Å². The summed E-state index contributed by atoms with van der Waals surface area (Å²) < 4.78 is 16.2. The quantitative estimate of drug-likeness (QED) is 0.703. The molecule has 1 amide bonds. The predicted molar refractivity (Wildman–Crippen MR) is 94.8 cm³/mol. The molecule has 2 aromatic carbocycles. The normalized spacial score (nSPS) is 10.4. The van der Waals surface area contributed by atoms with E-state index in [0.717, 1.165) is 11.1 Å². The van der Waals surface area contributed by atoms with Gasteiger partial charge < -0.3 is 19.2 Å². The molecular weight excluding hydrogens is 334 g/mol. The molecule has 3 aromatic rings. The van der Waals surface area contributed by atoms with Gasteiger partial charge in [-0.2, -0.15) is 0 Å². The number of methoxy groups -OCH3 is 1. The van der Waals surface area contributed by atoms with Crippen LogP contribution in [0.5, 0.6) is 11.5 Å². The van der Waals surface area contributed by atoms with Gasteiger partial charge in [-0.05, 0) is 31.2 Å². The molecule has 7 heteroatoms. The van der Waals surface area contributed by atoms with Crippen LogP contribution in [0.3, 0.4) is 0 Å². The Morgan fingerprint density at radius 2 is 1.81 bits per heavy atom. The van der Waals surface area contributed by atoms with Gasteiger partial charge in [-0.25, -0.2) is 0 Å². The first-order valence-corrected chi connectivity index (χ1v) is 8.07. The number of nitrogens with one attached hydrogen (secondary N) is 1. The van der Waals surface area contributed by atoms with E-state index in [4.69, 9.17) is 13.9 Å². The third-order valence-electron chi connectivity index (χ3n) is 3.63. The molecular formula is C19H19N3O4. The zero-order chi connectivity index (χ0) is 18.4. The second-order valence-electron chi connectivity index (χ2n) is 5.58. The summed E-state index contributed by atoms with van der Waals surface area (Å²) in [6.45, 7) is 2.00. The number of rotatable bonds is 7. The van der Waals surface area contributed by atoms with Gasteiger partial charge in [0.25, 0.3) is 5.91 Å². The average Bonchev–Trinajstić information content (AvgIpc) is 3.14. The summed E-state index contributed by atoms with van der Waals surface area (Å²) in [5.74, 6) is 1.52. The highest BCUT2D eigenvalue weighted by molar-refractivity contribution is 5.77. The highest BCUT2D eigenvalue weighted by Gasteiger charge is 2.11. The van der Waals surface area contributed by atoms with Crippen LogP contribution in [0.15, 0.2) is 52.9 Å². The van der Waals surface area contributed by atoms with Gasteiger partial charge in [0.05, 0.1) is 13.7 Å². The first kappa shape index (κ1) is 17.5. The fraction of sp³-hybridized carbons (Fsp3) is 0.211. The van der Waals surface area contributed by atoms with Crippen LogP contribution >= 0.6 is 0 Å². The molecule has 0 saturated heterocycles. The minimum atomic E-state index is -0.300. The van der Waals surface area contributed by atoms with E-state index in [9.17, 15) is 4.79 Å². The molecule has 0 saturated carbocycles. The van der Waals surface area contributed by atoms with Crippen molar-refractivity contribution in [3.8, 4) is 23.0 Å². The highest BCUT2D eigenvalue weighted by atomic mass is 16.5. The Morgan fingerprint density at radius 3 is 2.54 bits per heavy atom. The van der Waals surface area contributed by atoms with Gasteiger partial charge in [0, 0.05) is 5.56 Å². The van der Waals surface area contributed by atoms with Crippen molar-refractivity contribution in [3.05, 3.63) is 60.0 Å². The van der Waals surface area contributed by atoms with Gasteiger partial charge in [-0.1, -0.05) is 29.8 Å². The van der Waals surface area contributed by atoms with Gasteiger partial charge in [0.15, 0.2) is 18.1 Å². The number of hydrogen-bond acceptors (Lipinski definition) is 6. The number of ether oxygens (including phenoxy) is 2. The zero-order valence-corrected chi connectivity index (χ0v) is 14.6. The van der Waals surface area contributed by atoms with Crippen molar-refractivity contribution in [2.24, 2.45) is 0 Å². The summed E-state index contributed by atoms with van der Waals surface area (Å²) in [6, 6.07) is 14.9. The first-order chi connectivity index (χ1) is 12.7. The molecule has 0 bridgehead atoms. The second-order valence-corrected chi connectivity index (χ2v) is 5.58. The van der Waals surface area contributed by atoms with E-state index in [2.05, 4.69) is 15.5 Å². The van der Waals surface area contributed by atoms with Crippen molar-refractivity contribution in [1.82, 2.24) is 15.5 Å². The second kappa shape index (κ2) is 8.15. The number of carbonyl (C=O) groups is 1. The van der Waals surface area contributed by atoms with E-state index in [0.29, 0.717) is 23.3 Å². The maximum atomic E-state index is 11.9. The maximum Gasteiger partial charge on any atom is 0.258 e. The molecule has 1 aromatic heterocycles. The molecule has 0 fully saturated rings. The fourth-order valence-electron chi connectivity index (χ4n) is 2.24. The molecule has 1 N–H and O–H groups in total. The Balaban J connectivity index is 1.51. The number of nitrogens with zero attached hydrogens (tertiary/aromatic N) is 2. The summed E-state index contributed by atoms with van der Waals surface area (Å²) in [4.78, 5) is 11.9. The monoisotopic (exact) mass is 353 g/mol. The maximum absolute atomic E-state index is 11.9. The molecule has 0 atom stereocenters. The van der Waals surface area contributed by atoms with Crippen LogP contribution in [-0.2, 0) is 11.3 Å². The lowest BCUT2D eigenvalue weighted by molar-refractivity contribution is -0.123. The van der Waals surface area contributed by atoms with Crippen LogP contribution in [0.1, 0.15) is 11.5 Å². The molecule has 0 aliphatic rings. The van der Waals surface area contributed by atoms with Gasteiger partial charge >= 0.3 is 0 Å². The van der Waals surface area contributed by atoms with E-state index in [-0.39, 0.29) is 19.1 Å². The predicted octanol–water partition coefficient (Wildman–Crippen LogP) is 2.75. The van der Waals surface area contributed by atoms with Gasteiger partial charge in [0.2, 0.25) is 11.8 Å².